The Kier molecular flexibility index (Phi) is 4.85. The van der Waals surface area contributed by atoms with Gasteiger partial charge in [0.15, 0.2) is 11.5 Å². The number of nitrogens with zero attached hydrogens (tertiary/aromatic N) is 2. The molecule has 5 heteroatoms. The van der Waals surface area contributed by atoms with Crippen LogP contribution in [0.25, 0.3) is 0 Å². The highest BCUT2D eigenvalue weighted by molar-refractivity contribution is 5.42. The van der Waals surface area contributed by atoms with E-state index in [1.165, 1.54) is 5.56 Å². The minimum absolute atomic E-state index is 0.242. The predicted octanol–water partition coefficient (Wildman–Crippen LogP) is 2.60. The second-order valence-electron chi connectivity index (χ2n) is 5.14. The van der Waals surface area contributed by atoms with Gasteiger partial charge in [0.25, 0.3) is 0 Å². The van der Waals surface area contributed by atoms with E-state index in [9.17, 15) is 0 Å². The number of benzene rings is 1. The molecule has 0 aliphatic rings. The molecular formula is C16H23N3O2. The van der Waals surface area contributed by atoms with E-state index in [0.29, 0.717) is 0 Å². The molecule has 1 N–H and O–H groups in total. The van der Waals surface area contributed by atoms with Crippen molar-refractivity contribution in [1.29, 1.82) is 0 Å². The van der Waals surface area contributed by atoms with E-state index in [1.807, 2.05) is 36.9 Å². The van der Waals surface area contributed by atoms with Crippen LogP contribution in [0.1, 0.15) is 29.8 Å². The number of aromatic nitrogens is 2. The van der Waals surface area contributed by atoms with Crippen LogP contribution >= 0.6 is 0 Å². The lowest BCUT2D eigenvalue weighted by Gasteiger charge is -2.14. The lowest BCUT2D eigenvalue weighted by molar-refractivity contribution is 0.354. The lowest BCUT2D eigenvalue weighted by Crippen LogP contribution is -2.18. The second kappa shape index (κ2) is 6.63. The van der Waals surface area contributed by atoms with Crippen molar-refractivity contribution in [3.8, 4) is 11.5 Å². The highest BCUT2D eigenvalue weighted by atomic mass is 16.5. The Balaban J connectivity index is 2.04. The average molecular weight is 289 g/mol. The van der Waals surface area contributed by atoms with Gasteiger partial charge in [0.05, 0.1) is 19.9 Å². The van der Waals surface area contributed by atoms with Gasteiger partial charge in [-0.3, -0.25) is 4.68 Å². The molecule has 2 aromatic rings. The summed E-state index contributed by atoms with van der Waals surface area (Å²) in [6.45, 7) is 4.94. The number of rotatable bonds is 6. The summed E-state index contributed by atoms with van der Waals surface area (Å²) in [6.07, 6.45) is 2.06. The molecule has 1 aromatic heterocycles. The fourth-order valence-corrected chi connectivity index (χ4v) is 2.41. The van der Waals surface area contributed by atoms with Crippen molar-refractivity contribution < 1.29 is 9.47 Å². The minimum atomic E-state index is 0.242. The summed E-state index contributed by atoms with van der Waals surface area (Å²) in [4.78, 5) is 0. The van der Waals surface area contributed by atoms with E-state index in [1.54, 1.807) is 14.2 Å². The van der Waals surface area contributed by atoms with E-state index < -0.39 is 0 Å². The van der Waals surface area contributed by atoms with Crippen LogP contribution in [-0.4, -0.2) is 24.0 Å². The number of aryl methyl sites for hydroxylation is 2. The number of nitrogens with one attached hydrogen (secondary N) is 1. The number of hydrogen-bond donors (Lipinski definition) is 1. The van der Waals surface area contributed by atoms with Gasteiger partial charge in [0.2, 0.25) is 0 Å². The first-order valence-corrected chi connectivity index (χ1v) is 6.99. The van der Waals surface area contributed by atoms with Gasteiger partial charge < -0.3 is 14.8 Å². The summed E-state index contributed by atoms with van der Waals surface area (Å²) < 4.78 is 12.4. The summed E-state index contributed by atoms with van der Waals surface area (Å²) in [5.41, 5.74) is 3.43. The Morgan fingerprint density at radius 2 is 1.95 bits per heavy atom. The molecule has 0 saturated heterocycles. The van der Waals surface area contributed by atoms with Crippen molar-refractivity contribution in [3.05, 3.63) is 41.2 Å². The van der Waals surface area contributed by atoms with Crippen LogP contribution in [0.2, 0.25) is 0 Å². The summed E-state index contributed by atoms with van der Waals surface area (Å²) >= 11 is 0. The van der Waals surface area contributed by atoms with Crippen molar-refractivity contribution in [3.63, 3.8) is 0 Å². The third-order valence-corrected chi connectivity index (χ3v) is 3.58. The van der Waals surface area contributed by atoms with Crippen LogP contribution in [0.4, 0.5) is 0 Å². The zero-order valence-corrected chi connectivity index (χ0v) is 13.3. The lowest BCUT2D eigenvalue weighted by atomic mass is 10.1. The largest absolute Gasteiger partial charge is 0.493 e. The monoisotopic (exact) mass is 289 g/mol. The maximum absolute atomic E-state index is 5.32. The van der Waals surface area contributed by atoms with Crippen LogP contribution in [0.15, 0.2) is 24.4 Å². The molecule has 114 valence electrons. The van der Waals surface area contributed by atoms with E-state index in [0.717, 1.165) is 29.3 Å². The average Bonchev–Trinajstić information content (AvgIpc) is 2.83. The maximum Gasteiger partial charge on any atom is 0.161 e. The summed E-state index contributed by atoms with van der Waals surface area (Å²) in [6, 6.07) is 6.20. The molecule has 0 aliphatic carbocycles. The number of methoxy groups -OCH3 is 2. The highest BCUT2D eigenvalue weighted by Crippen LogP contribution is 2.27. The van der Waals surface area contributed by atoms with E-state index >= 15 is 0 Å². The third-order valence-electron chi connectivity index (χ3n) is 3.58. The first kappa shape index (κ1) is 15.4. The van der Waals surface area contributed by atoms with Gasteiger partial charge in [0, 0.05) is 31.4 Å². The molecule has 0 radical (unpaired) electrons. The van der Waals surface area contributed by atoms with Crippen molar-refractivity contribution >= 4 is 0 Å². The molecule has 5 nitrogen and oxygen atoms in total. The predicted molar refractivity (Wildman–Crippen MR) is 82.7 cm³/mol. The minimum Gasteiger partial charge on any atom is -0.493 e. The molecule has 2 rings (SSSR count). The van der Waals surface area contributed by atoms with Gasteiger partial charge >= 0.3 is 0 Å². The topological polar surface area (TPSA) is 48.3 Å². The Morgan fingerprint density at radius 3 is 2.52 bits per heavy atom. The number of ether oxygens (including phenoxy) is 2. The molecule has 0 fully saturated rings. The fraction of sp³-hybridized carbons (Fsp3) is 0.438. The zero-order chi connectivity index (χ0) is 15.4. The van der Waals surface area contributed by atoms with E-state index in [2.05, 4.69) is 23.5 Å². The molecule has 21 heavy (non-hydrogen) atoms. The number of hydrogen-bond acceptors (Lipinski definition) is 4. The molecule has 1 unspecified atom stereocenters. The molecule has 0 aliphatic heterocycles. The van der Waals surface area contributed by atoms with Gasteiger partial charge in [-0.1, -0.05) is 6.07 Å². The van der Waals surface area contributed by atoms with Gasteiger partial charge in [-0.2, -0.15) is 5.10 Å². The van der Waals surface area contributed by atoms with Crippen LogP contribution in [0, 0.1) is 6.92 Å². The first-order valence-electron chi connectivity index (χ1n) is 6.99. The molecule has 0 spiro atoms. The third kappa shape index (κ3) is 3.55. The maximum atomic E-state index is 5.32. The Labute approximate surface area is 125 Å². The fourth-order valence-electron chi connectivity index (χ4n) is 2.41. The quantitative estimate of drug-likeness (QED) is 0.888. The van der Waals surface area contributed by atoms with Crippen molar-refractivity contribution in [2.75, 3.05) is 14.2 Å². The van der Waals surface area contributed by atoms with Gasteiger partial charge in [-0.15, -0.1) is 0 Å². The van der Waals surface area contributed by atoms with E-state index in [-0.39, 0.29) is 6.04 Å². The van der Waals surface area contributed by atoms with Crippen molar-refractivity contribution in [1.82, 2.24) is 15.1 Å². The Morgan fingerprint density at radius 1 is 1.24 bits per heavy atom. The molecule has 0 saturated carbocycles. The van der Waals surface area contributed by atoms with Crippen molar-refractivity contribution in [2.24, 2.45) is 7.05 Å². The molecular weight excluding hydrogens is 266 g/mol. The van der Waals surface area contributed by atoms with Crippen LogP contribution in [-0.2, 0) is 13.6 Å². The molecule has 1 atom stereocenters. The SMILES string of the molecule is COc1ccc(CNC(C)c2cn(C)nc2C)cc1OC. The summed E-state index contributed by atoms with van der Waals surface area (Å²) in [5.74, 6) is 1.50. The normalized spacial score (nSPS) is 12.2. The second-order valence-corrected chi connectivity index (χ2v) is 5.14. The summed E-state index contributed by atoms with van der Waals surface area (Å²) in [5, 5.41) is 7.89. The molecule has 1 aromatic carbocycles. The highest BCUT2D eigenvalue weighted by Gasteiger charge is 2.12. The van der Waals surface area contributed by atoms with Crippen molar-refractivity contribution in [2.45, 2.75) is 26.4 Å². The standard InChI is InChI=1S/C16H23N3O2/c1-11(14-10-19(3)18-12(14)2)17-9-13-6-7-15(20-4)16(8-13)21-5/h6-8,10-11,17H,9H2,1-5H3. The Bertz CT molecular complexity index is 608. The van der Waals surface area contributed by atoms with Crippen LogP contribution < -0.4 is 14.8 Å². The van der Waals surface area contributed by atoms with Gasteiger partial charge in [-0.25, -0.2) is 0 Å². The van der Waals surface area contributed by atoms with Gasteiger partial charge in [0.1, 0.15) is 0 Å². The van der Waals surface area contributed by atoms with E-state index in [4.69, 9.17) is 9.47 Å². The first-order chi connectivity index (χ1) is 10.0. The zero-order valence-electron chi connectivity index (χ0n) is 13.3. The van der Waals surface area contributed by atoms with Crippen LogP contribution in [0.5, 0.6) is 11.5 Å². The van der Waals surface area contributed by atoms with Crippen LogP contribution in [0.3, 0.4) is 0 Å². The molecule has 0 bridgehead atoms. The molecule has 0 amide bonds. The Hall–Kier alpha value is -2.01. The molecule has 1 heterocycles. The smallest absolute Gasteiger partial charge is 0.161 e. The van der Waals surface area contributed by atoms with Gasteiger partial charge in [-0.05, 0) is 31.5 Å². The summed E-state index contributed by atoms with van der Waals surface area (Å²) in [7, 11) is 5.23.